The van der Waals surface area contributed by atoms with Crippen LogP contribution >= 0.6 is 27.7 Å². The minimum atomic E-state index is -0.533. The monoisotopic (exact) mass is 532 g/mol. The number of carbonyl (C=O) groups is 2. The highest BCUT2D eigenvalue weighted by atomic mass is 79.9. The molecule has 2 aromatic carbocycles. The average molecular weight is 534 g/mol. The molecule has 1 aliphatic carbocycles. The van der Waals surface area contributed by atoms with Gasteiger partial charge in [0.2, 0.25) is 11.8 Å². The normalized spacial score (nSPS) is 15.0. The van der Waals surface area contributed by atoms with Gasteiger partial charge in [0.05, 0.1) is 12.9 Å². The molecule has 1 aliphatic rings. The van der Waals surface area contributed by atoms with Crippen LogP contribution in [0, 0.1) is 0 Å². The van der Waals surface area contributed by atoms with Crippen molar-refractivity contribution in [3.8, 4) is 5.75 Å². The van der Waals surface area contributed by atoms with E-state index in [0.717, 1.165) is 47.2 Å². The van der Waals surface area contributed by atoms with Crippen LogP contribution in [0.5, 0.6) is 5.75 Å². The molecule has 0 heterocycles. The van der Waals surface area contributed by atoms with Crippen LogP contribution in [0.4, 0.5) is 0 Å². The van der Waals surface area contributed by atoms with E-state index < -0.39 is 6.04 Å². The molecule has 0 spiro atoms. The van der Waals surface area contributed by atoms with Crippen molar-refractivity contribution in [1.29, 1.82) is 0 Å². The molecule has 0 aromatic heterocycles. The molecule has 0 saturated heterocycles. The van der Waals surface area contributed by atoms with Gasteiger partial charge >= 0.3 is 0 Å². The predicted octanol–water partition coefficient (Wildman–Crippen LogP) is 5.56. The Morgan fingerprint density at radius 3 is 2.33 bits per heavy atom. The summed E-state index contributed by atoms with van der Waals surface area (Å²) in [5, 5.41) is 3.18. The predicted molar refractivity (Wildman–Crippen MR) is 138 cm³/mol. The fourth-order valence-corrected chi connectivity index (χ4v) is 5.13. The van der Waals surface area contributed by atoms with Crippen LogP contribution < -0.4 is 10.1 Å². The summed E-state index contributed by atoms with van der Waals surface area (Å²) >= 11 is 5.02. The molecular formula is C26H33BrN2O3S. The maximum absolute atomic E-state index is 13.2. The zero-order valence-electron chi connectivity index (χ0n) is 19.4. The quantitative estimate of drug-likeness (QED) is 0.435. The second-order valence-electron chi connectivity index (χ2n) is 8.51. The number of carbonyl (C=O) groups excluding carboxylic acids is 2. The van der Waals surface area contributed by atoms with E-state index in [1.165, 1.54) is 12.0 Å². The molecule has 178 valence electrons. The van der Waals surface area contributed by atoms with Crippen molar-refractivity contribution in [2.75, 3.05) is 12.9 Å². The van der Waals surface area contributed by atoms with E-state index in [4.69, 9.17) is 4.74 Å². The first-order chi connectivity index (χ1) is 16.0. The van der Waals surface area contributed by atoms with Gasteiger partial charge in [0.15, 0.2) is 0 Å². The number of amides is 2. The van der Waals surface area contributed by atoms with Crippen molar-refractivity contribution < 1.29 is 14.3 Å². The van der Waals surface area contributed by atoms with E-state index in [0.29, 0.717) is 12.3 Å². The number of hydrogen-bond acceptors (Lipinski definition) is 4. The van der Waals surface area contributed by atoms with Gasteiger partial charge in [-0.1, -0.05) is 59.5 Å². The van der Waals surface area contributed by atoms with Gasteiger partial charge < -0.3 is 15.0 Å². The number of benzene rings is 2. The van der Waals surface area contributed by atoms with Crippen LogP contribution in [0.15, 0.2) is 53.0 Å². The standard InChI is InChI=1S/C26H33BrN2O3S/c1-19(26(31)28-23-6-4-3-5-7-23)29(16-20-10-14-24(32-2)15-11-20)25(30)18-33-17-21-8-12-22(27)13-9-21/h8-15,19,23H,3-7,16-18H2,1-2H3,(H,28,31). The second-order valence-corrected chi connectivity index (χ2v) is 10.4. The lowest BCUT2D eigenvalue weighted by Gasteiger charge is -2.31. The maximum atomic E-state index is 13.2. The Labute approximate surface area is 209 Å². The maximum Gasteiger partial charge on any atom is 0.242 e. The van der Waals surface area contributed by atoms with Crippen molar-refractivity contribution in [3.63, 3.8) is 0 Å². The first-order valence-corrected chi connectivity index (χ1v) is 13.5. The zero-order chi connectivity index (χ0) is 23.6. The Hall–Kier alpha value is -1.99. The van der Waals surface area contributed by atoms with Crippen LogP contribution in [0.2, 0.25) is 0 Å². The highest BCUT2D eigenvalue weighted by Gasteiger charge is 2.28. The molecule has 1 fully saturated rings. The van der Waals surface area contributed by atoms with Gasteiger partial charge in [0.1, 0.15) is 11.8 Å². The van der Waals surface area contributed by atoms with Gasteiger partial charge in [-0.15, -0.1) is 11.8 Å². The molecule has 1 atom stereocenters. The number of halogens is 1. The molecule has 0 radical (unpaired) electrons. The van der Waals surface area contributed by atoms with E-state index in [9.17, 15) is 9.59 Å². The summed E-state index contributed by atoms with van der Waals surface area (Å²) in [5.74, 6) is 1.75. The van der Waals surface area contributed by atoms with Crippen LogP contribution in [0.25, 0.3) is 0 Å². The molecular weight excluding hydrogens is 500 g/mol. The Kier molecular flexibility index (Phi) is 10.1. The first kappa shape index (κ1) is 25.6. The minimum Gasteiger partial charge on any atom is -0.497 e. The van der Waals surface area contributed by atoms with Crippen LogP contribution in [0.3, 0.4) is 0 Å². The lowest BCUT2D eigenvalue weighted by Crippen LogP contribution is -2.50. The van der Waals surface area contributed by atoms with E-state index in [-0.39, 0.29) is 17.9 Å². The molecule has 1 N–H and O–H groups in total. The van der Waals surface area contributed by atoms with Crippen molar-refractivity contribution in [1.82, 2.24) is 10.2 Å². The van der Waals surface area contributed by atoms with Crippen molar-refractivity contribution in [3.05, 3.63) is 64.1 Å². The van der Waals surface area contributed by atoms with Gasteiger partial charge in [-0.05, 0) is 55.2 Å². The number of ether oxygens (including phenoxy) is 1. The number of thioether (sulfide) groups is 1. The van der Waals surface area contributed by atoms with E-state index in [2.05, 4.69) is 33.4 Å². The molecule has 1 unspecified atom stereocenters. The van der Waals surface area contributed by atoms with E-state index in [1.54, 1.807) is 23.8 Å². The number of hydrogen-bond donors (Lipinski definition) is 1. The smallest absolute Gasteiger partial charge is 0.242 e. The highest BCUT2D eigenvalue weighted by Crippen LogP contribution is 2.21. The van der Waals surface area contributed by atoms with Crippen LogP contribution in [-0.4, -0.2) is 41.7 Å². The number of rotatable bonds is 10. The topological polar surface area (TPSA) is 58.6 Å². The zero-order valence-corrected chi connectivity index (χ0v) is 21.8. The summed E-state index contributed by atoms with van der Waals surface area (Å²) in [4.78, 5) is 28.0. The van der Waals surface area contributed by atoms with Crippen molar-refractivity contribution in [2.45, 2.75) is 63.4 Å². The van der Waals surface area contributed by atoms with Gasteiger partial charge in [-0.25, -0.2) is 0 Å². The van der Waals surface area contributed by atoms with Crippen molar-refractivity contribution >= 4 is 39.5 Å². The Bertz CT molecular complexity index is 899. The summed E-state index contributed by atoms with van der Waals surface area (Å²) in [7, 11) is 1.63. The summed E-state index contributed by atoms with van der Waals surface area (Å²) < 4.78 is 6.28. The third-order valence-corrected chi connectivity index (χ3v) is 7.56. The summed E-state index contributed by atoms with van der Waals surface area (Å²) in [6.45, 7) is 2.22. The fourth-order valence-electron chi connectivity index (χ4n) is 4.00. The van der Waals surface area contributed by atoms with Crippen LogP contribution in [0.1, 0.15) is 50.2 Å². The molecule has 3 rings (SSSR count). The molecule has 7 heteroatoms. The highest BCUT2D eigenvalue weighted by molar-refractivity contribution is 9.10. The summed E-state index contributed by atoms with van der Waals surface area (Å²) in [5.41, 5.74) is 2.14. The van der Waals surface area contributed by atoms with Gasteiger partial charge in [0, 0.05) is 22.8 Å². The number of nitrogens with one attached hydrogen (secondary N) is 1. The Morgan fingerprint density at radius 1 is 1.06 bits per heavy atom. The van der Waals surface area contributed by atoms with Crippen LogP contribution in [-0.2, 0) is 21.9 Å². The van der Waals surface area contributed by atoms with Gasteiger partial charge in [-0.3, -0.25) is 9.59 Å². The molecule has 2 aromatic rings. The third-order valence-electron chi connectivity index (χ3n) is 6.04. The minimum absolute atomic E-state index is 0.0285. The Morgan fingerprint density at radius 2 is 1.70 bits per heavy atom. The molecule has 5 nitrogen and oxygen atoms in total. The first-order valence-electron chi connectivity index (χ1n) is 11.5. The van der Waals surface area contributed by atoms with Gasteiger partial charge in [-0.2, -0.15) is 0 Å². The lowest BCUT2D eigenvalue weighted by atomic mass is 9.95. The lowest BCUT2D eigenvalue weighted by molar-refractivity contribution is -0.139. The number of methoxy groups -OCH3 is 1. The summed E-state index contributed by atoms with van der Waals surface area (Å²) in [6.07, 6.45) is 5.59. The average Bonchev–Trinajstić information content (AvgIpc) is 2.84. The van der Waals surface area contributed by atoms with E-state index in [1.807, 2.05) is 43.3 Å². The van der Waals surface area contributed by atoms with Crippen molar-refractivity contribution in [2.24, 2.45) is 0 Å². The molecule has 33 heavy (non-hydrogen) atoms. The van der Waals surface area contributed by atoms with E-state index >= 15 is 0 Å². The summed E-state index contributed by atoms with van der Waals surface area (Å²) in [6, 6.07) is 15.5. The SMILES string of the molecule is COc1ccc(CN(C(=O)CSCc2ccc(Br)cc2)C(C)C(=O)NC2CCCCC2)cc1. The molecule has 2 amide bonds. The molecule has 0 bridgehead atoms. The third kappa shape index (κ3) is 8.07. The Balaban J connectivity index is 1.65. The molecule has 0 aliphatic heterocycles. The fraction of sp³-hybridized carbons (Fsp3) is 0.462. The number of nitrogens with zero attached hydrogens (tertiary/aromatic N) is 1. The second kappa shape index (κ2) is 13.0. The van der Waals surface area contributed by atoms with Gasteiger partial charge in [0.25, 0.3) is 0 Å². The molecule has 1 saturated carbocycles. The largest absolute Gasteiger partial charge is 0.497 e.